The molecule has 0 bridgehead atoms. The van der Waals surface area contributed by atoms with Crippen molar-refractivity contribution < 1.29 is 9.18 Å². The maximum Gasteiger partial charge on any atom is 0.140 e. The summed E-state index contributed by atoms with van der Waals surface area (Å²) in [6.45, 7) is 2.20. The van der Waals surface area contributed by atoms with Gasteiger partial charge >= 0.3 is 0 Å². The molecule has 18 heavy (non-hydrogen) atoms. The summed E-state index contributed by atoms with van der Waals surface area (Å²) in [4.78, 5) is 12.2. The SMILES string of the molecule is CC1CCCC(C(=O)Cc2ccc(F)cc2Cl)C1. The van der Waals surface area contributed by atoms with Crippen LogP contribution >= 0.6 is 11.6 Å². The summed E-state index contributed by atoms with van der Waals surface area (Å²) < 4.78 is 12.9. The Hall–Kier alpha value is -0.890. The number of Topliss-reactive ketones (excluding diaryl/α,β-unsaturated/α-hetero) is 1. The third kappa shape index (κ3) is 3.32. The molecule has 0 N–H and O–H groups in total. The number of carbonyl (C=O) groups excluding carboxylic acids is 1. The van der Waals surface area contributed by atoms with Crippen LogP contribution in [0.25, 0.3) is 0 Å². The van der Waals surface area contributed by atoms with Gasteiger partial charge in [-0.05, 0) is 36.5 Å². The number of hydrogen-bond acceptors (Lipinski definition) is 1. The van der Waals surface area contributed by atoms with Crippen molar-refractivity contribution in [1.82, 2.24) is 0 Å². The smallest absolute Gasteiger partial charge is 0.140 e. The Morgan fingerprint density at radius 2 is 2.22 bits per heavy atom. The topological polar surface area (TPSA) is 17.1 Å². The molecule has 0 radical (unpaired) electrons. The van der Waals surface area contributed by atoms with E-state index in [2.05, 4.69) is 6.92 Å². The summed E-state index contributed by atoms with van der Waals surface area (Å²) >= 11 is 5.95. The second kappa shape index (κ2) is 5.83. The molecule has 1 fully saturated rings. The summed E-state index contributed by atoms with van der Waals surface area (Å²) in [6.07, 6.45) is 4.66. The van der Waals surface area contributed by atoms with Crippen LogP contribution in [0.3, 0.4) is 0 Å². The number of benzene rings is 1. The first-order chi connectivity index (χ1) is 8.56. The van der Waals surface area contributed by atoms with Gasteiger partial charge in [0, 0.05) is 17.4 Å². The lowest BCUT2D eigenvalue weighted by Gasteiger charge is -2.25. The lowest BCUT2D eigenvalue weighted by molar-refractivity contribution is -0.123. The molecule has 3 heteroatoms. The minimum Gasteiger partial charge on any atom is -0.299 e. The normalized spacial score (nSPS) is 23.9. The fourth-order valence-corrected chi connectivity index (χ4v) is 2.96. The Kier molecular flexibility index (Phi) is 4.39. The molecule has 0 aliphatic heterocycles. The first-order valence-corrected chi connectivity index (χ1v) is 6.90. The van der Waals surface area contributed by atoms with Crippen molar-refractivity contribution in [2.24, 2.45) is 11.8 Å². The predicted molar refractivity (Wildman–Crippen MR) is 71.2 cm³/mol. The molecule has 2 atom stereocenters. The third-order valence-electron chi connectivity index (χ3n) is 3.77. The molecule has 1 aliphatic carbocycles. The van der Waals surface area contributed by atoms with E-state index in [0.29, 0.717) is 17.4 Å². The highest BCUT2D eigenvalue weighted by molar-refractivity contribution is 6.31. The number of carbonyl (C=O) groups is 1. The quantitative estimate of drug-likeness (QED) is 0.793. The summed E-state index contributed by atoms with van der Waals surface area (Å²) in [5.41, 5.74) is 0.737. The van der Waals surface area contributed by atoms with E-state index in [0.717, 1.165) is 24.8 Å². The highest BCUT2D eigenvalue weighted by Gasteiger charge is 2.25. The van der Waals surface area contributed by atoms with Gasteiger partial charge < -0.3 is 0 Å². The van der Waals surface area contributed by atoms with E-state index >= 15 is 0 Å². The number of hydrogen-bond donors (Lipinski definition) is 0. The molecule has 0 amide bonds. The molecule has 98 valence electrons. The van der Waals surface area contributed by atoms with Crippen LogP contribution in [0.1, 0.15) is 38.2 Å². The Labute approximate surface area is 112 Å². The largest absolute Gasteiger partial charge is 0.299 e. The van der Waals surface area contributed by atoms with Gasteiger partial charge in [-0.15, -0.1) is 0 Å². The molecule has 2 rings (SSSR count). The molecule has 0 saturated heterocycles. The summed E-state index contributed by atoms with van der Waals surface area (Å²) in [6, 6.07) is 4.24. The maximum absolute atomic E-state index is 12.9. The highest BCUT2D eigenvalue weighted by Crippen LogP contribution is 2.30. The zero-order valence-corrected chi connectivity index (χ0v) is 11.3. The van der Waals surface area contributed by atoms with Crippen molar-refractivity contribution in [2.75, 3.05) is 0 Å². The van der Waals surface area contributed by atoms with E-state index in [1.807, 2.05) is 0 Å². The monoisotopic (exact) mass is 268 g/mol. The van der Waals surface area contributed by atoms with Gasteiger partial charge in [-0.3, -0.25) is 4.79 Å². The first-order valence-electron chi connectivity index (χ1n) is 6.53. The average molecular weight is 269 g/mol. The molecule has 1 nitrogen and oxygen atoms in total. The van der Waals surface area contributed by atoms with E-state index in [1.165, 1.54) is 18.6 Å². The van der Waals surface area contributed by atoms with E-state index < -0.39 is 0 Å². The molecule has 1 saturated carbocycles. The fraction of sp³-hybridized carbons (Fsp3) is 0.533. The van der Waals surface area contributed by atoms with Crippen LogP contribution in [0, 0.1) is 17.7 Å². The number of halogens is 2. The van der Waals surface area contributed by atoms with Crippen LogP contribution < -0.4 is 0 Å². The molecule has 1 aromatic carbocycles. The van der Waals surface area contributed by atoms with Crippen molar-refractivity contribution in [3.8, 4) is 0 Å². The van der Waals surface area contributed by atoms with Crippen molar-refractivity contribution in [3.05, 3.63) is 34.6 Å². The standard InChI is InChI=1S/C15H18ClFO/c1-10-3-2-4-12(7-10)15(18)8-11-5-6-13(17)9-14(11)16/h5-6,9-10,12H,2-4,7-8H2,1H3. The Bertz CT molecular complexity index is 444. The lowest BCUT2D eigenvalue weighted by Crippen LogP contribution is -2.23. The fourth-order valence-electron chi connectivity index (χ4n) is 2.72. The second-order valence-corrected chi connectivity index (χ2v) is 5.75. The molecule has 0 heterocycles. The second-order valence-electron chi connectivity index (χ2n) is 5.35. The third-order valence-corrected chi connectivity index (χ3v) is 4.12. The van der Waals surface area contributed by atoms with Crippen LogP contribution in [0.4, 0.5) is 4.39 Å². The Morgan fingerprint density at radius 1 is 1.44 bits per heavy atom. The van der Waals surface area contributed by atoms with Gasteiger partial charge in [-0.2, -0.15) is 0 Å². The van der Waals surface area contributed by atoms with Crippen LogP contribution in [-0.4, -0.2) is 5.78 Å². The van der Waals surface area contributed by atoms with E-state index in [4.69, 9.17) is 11.6 Å². The Balaban J connectivity index is 2.02. The molecular formula is C15H18ClFO. The van der Waals surface area contributed by atoms with E-state index in [9.17, 15) is 9.18 Å². The van der Waals surface area contributed by atoms with Crippen molar-refractivity contribution in [3.63, 3.8) is 0 Å². The predicted octanol–water partition coefficient (Wildman–Crippen LogP) is 4.42. The molecule has 0 spiro atoms. The molecule has 1 aliphatic rings. The van der Waals surface area contributed by atoms with Gasteiger partial charge in [-0.1, -0.05) is 37.4 Å². The minimum absolute atomic E-state index is 0.162. The molecule has 1 aromatic rings. The van der Waals surface area contributed by atoms with Gasteiger partial charge in [0.2, 0.25) is 0 Å². The lowest BCUT2D eigenvalue weighted by atomic mass is 9.79. The number of rotatable bonds is 3. The van der Waals surface area contributed by atoms with E-state index in [1.54, 1.807) is 6.07 Å². The summed E-state index contributed by atoms with van der Waals surface area (Å²) in [7, 11) is 0. The minimum atomic E-state index is -0.359. The van der Waals surface area contributed by atoms with Crippen LogP contribution in [0.2, 0.25) is 5.02 Å². The van der Waals surface area contributed by atoms with Crippen LogP contribution in [0.5, 0.6) is 0 Å². The Morgan fingerprint density at radius 3 is 2.89 bits per heavy atom. The molecule has 2 unspecified atom stereocenters. The summed E-state index contributed by atoms with van der Waals surface area (Å²) in [5, 5.41) is 0.354. The van der Waals surface area contributed by atoms with E-state index in [-0.39, 0.29) is 17.5 Å². The van der Waals surface area contributed by atoms with Gasteiger partial charge in [-0.25, -0.2) is 4.39 Å². The van der Waals surface area contributed by atoms with Crippen LogP contribution in [-0.2, 0) is 11.2 Å². The molecule has 0 aromatic heterocycles. The summed E-state index contributed by atoms with van der Waals surface area (Å²) in [5.74, 6) is 0.684. The first kappa shape index (κ1) is 13.5. The van der Waals surface area contributed by atoms with Gasteiger partial charge in [0.15, 0.2) is 0 Å². The van der Waals surface area contributed by atoms with Gasteiger partial charge in [0.05, 0.1) is 0 Å². The zero-order chi connectivity index (χ0) is 13.1. The van der Waals surface area contributed by atoms with Crippen LogP contribution in [0.15, 0.2) is 18.2 Å². The zero-order valence-electron chi connectivity index (χ0n) is 10.6. The van der Waals surface area contributed by atoms with Gasteiger partial charge in [0.25, 0.3) is 0 Å². The molecular weight excluding hydrogens is 251 g/mol. The maximum atomic E-state index is 12.9. The highest BCUT2D eigenvalue weighted by atomic mass is 35.5. The van der Waals surface area contributed by atoms with Crippen molar-refractivity contribution in [1.29, 1.82) is 0 Å². The van der Waals surface area contributed by atoms with Crippen molar-refractivity contribution in [2.45, 2.75) is 39.0 Å². The number of ketones is 1. The average Bonchev–Trinajstić information content (AvgIpc) is 2.32. The van der Waals surface area contributed by atoms with Gasteiger partial charge in [0.1, 0.15) is 11.6 Å². The van der Waals surface area contributed by atoms with Crippen molar-refractivity contribution >= 4 is 17.4 Å².